The van der Waals surface area contributed by atoms with Crippen LogP contribution in [0.1, 0.15) is 45.4 Å². The number of ether oxygens (including phenoxy) is 1. The third kappa shape index (κ3) is 3.26. The fourth-order valence-electron chi connectivity index (χ4n) is 3.06. The summed E-state index contributed by atoms with van der Waals surface area (Å²) in [5.41, 5.74) is -0.598. The molecule has 5 heteroatoms. The van der Waals surface area contributed by atoms with E-state index >= 15 is 0 Å². The summed E-state index contributed by atoms with van der Waals surface area (Å²) < 4.78 is 5.31. The van der Waals surface area contributed by atoms with Crippen molar-refractivity contribution in [1.82, 2.24) is 10.2 Å². The highest BCUT2D eigenvalue weighted by Gasteiger charge is 2.46. The number of amides is 2. The number of rotatable bonds is 5. The van der Waals surface area contributed by atoms with Gasteiger partial charge in [0.2, 0.25) is 11.8 Å². The fourth-order valence-corrected chi connectivity index (χ4v) is 3.06. The first-order valence-electron chi connectivity index (χ1n) is 7.36. The Kier molecular flexibility index (Phi) is 4.80. The smallest absolute Gasteiger partial charge is 0.248 e. The summed E-state index contributed by atoms with van der Waals surface area (Å²) in [6.45, 7) is 4.58. The molecular formula is C14H24N2O3. The molecule has 5 nitrogen and oxygen atoms in total. The fraction of sp³-hybridized carbons (Fsp3) is 0.857. The zero-order chi connectivity index (χ0) is 13.7. The average molecular weight is 268 g/mol. The summed E-state index contributed by atoms with van der Waals surface area (Å²) in [7, 11) is 0. The summed E-state index contributed by atoms with van der Waals surface area (Å²) in [6, 6.07) is 0. The summed E-state index contributed by atoms with van der Waals surface area (Å²) in [6.07, 6.45) is 4.89. The summed E-state index contributed by atoms with van der Waals surface area (Å²) in [5.74, 6) is 0.134. The Hall–Kier alpha value is -1.10. The standard InChI is InChI=1S/C14H24N2O3/c1-2-19-11-5-9-16-10-6-12(17)15-14(13(16)18)7-3-4-8-14/h2-11H2,1H3,(H,15,17). The maximum atomic E-state index is 12.6. The highest BCUT2D eigenvalue weighted by atomic mass is 16.5. The molecule has 0 unspecified atom stereocenters. The van der Waals surface area contributed by atoms with Gasteiger partial charge in [-0.15, -0.1) is 0 Å². The van der Waals surface area contributed by atoms with Gasteiger partial charge in [-0.3, -0.25) is 9.59 Å². The van der Waals surface area contributed by atoms with Crippen molar-refractivity contribution in [2.45, 2.75) is 51.0 Å². The van der Waals surface area contributed by atoms with E-state index in [2.05, 4.69) is 5.32 Å². The minimum absolute atomic E-state index is 0.0163. The zero-order valence-corrected chi connectivity index (χ0v) is 11.7. The Labute approximate surface area is 114 Å². The lowest BCUT2D eigenvalue weighted by atomic mass is 9.96. The van der Waals surface area contributed by atoms with Gasteiger partial charge >= 0.3 is 0 Å². The highest BCUT2D eigenvalue weighted by molar-refractivity contribution is 5.93. The second-order valence-corrected chi connectivity index (χ2v) is 5.43. The second kappa shape index (κ2) is 6.37. The van der Waals surface area contributed by atoms with Crippen LogP contribution >= 0.6 is 0 Å². The van der Waals surface area contributed by atoms with E-state index < -0.39 is 5.54 Å². The maximum Gasteiger partial charge on any atom is 0.248 e. The van der Waals surface area contributed by atoms with Gasteiger partial charge in [0.05, 0.1) is 0 Å². The Bertz CT molecular complexity index is 338. The maximum absolute atomic E-state index is 12.6. The van der Waals surface area contributed by atoms with Gasteiger partial charge < -0.3 is 15.0 Å². The van der Waals surface area contributed by atoms with E-state index in [-0.39, 0.29) is 11.8 Å². The highest BCUT2D eigenvalue weighted by Crippen LogP contribution is 2.32. The van der Waals surface area contributed by atoms with E-state index in [9.17, 15) is 9.59 Å². The number of carbonyl (C=O) groups excluding carboxylic acids is 2. The molecular weight excluding hydrogens is 244 g/mol. The molecule has 108 valence electrons. The molecule has 0 radical (unpaired) electrons. The van der Waals surface area contributed by atoms with Crippen molar-refractivity contribution < 1.29 is 14.3 Å². The van der Waals surface area contributed by atoms with Gasteiger partial charge in [0.1, 0.15) is 5.54 Å². The van der Waals surface area contributed by atoms with E-state index in [1.54, 1.807) is 0 Å². The van der Waals surface area contributed by atoms with E-state index in [0.29, 0.717) is 32.7 Å². The van der Waals surface area contributed by atoms with Crippen molar-refractivity contribution in [1.29, 1.82) is 0 Å². The average Bonchev–Trinajstić information content (AvgIpc) is 2.82. The summed E-state index contributed by atoms with van der Waals surface area (Å²) in [5, 5.41) is 2.97. The third-order valence-electron chi connectivity index (χ3n) is 4.06. The number of hydrogen-bond acceptors (Lipinski definition) is 3. The predicted molar refractivity (Wildman–Crippen MR) is 71.6 cm³/mol. The normalized spacial score (nSPS) is 22.7. The van der Waals surface area contributed by atoms with Gasteiger partial charge in [0.25, 0.3) is 0 Å². The summed E-state index contributed by atoms with van der Waals surface area (Å²) >= 11 is 0. The molecule has 1 N–H and O–H groups in total. The van der Waals surface area contributed by atoms with Crippen LogP contribution in [0, 0.1) is 0 Å². The quantitative estimate of drug-likeness (QED) is 0.759. The lowest BCUT2D eigenvalue weighted by Crippen LogP contribution is -2.55. The van der Waals surface area contributed by atoms with E-state index in [1.807, 2.05) is 11.8 Å². The van der Waals surface area contributed by atoms with Crippen molar-refractivity contribution >= 4 is 11.8 Å². The molecule has 1 heterocycles. The van der Waals surface area contributed by atoms with Gasteiger partial charge in [-0.2, -0.15) is 0 Å². The molecule has 19 heavy (non-hydrogen) atoms. The largest absolute Gasteiger partial charge is 0.382 e. The molecule has 0 aromatic carbocycles. The Balaban J connectivity index is 1.98. The summed E-state index contributed by atoms with van der Waals surface area (Å²) in [4.78, 5) is 26.3. The van der Waals surface area contributed by atoms with E-state index in [1.165, 1.54) is 0 Å². The molecule has 0 aromatic heterocycles. The first kappa shape index (κ1) is 14.3. The van der Waals surface area contributed by atoms with E-state index in [0.717, 1.165) is 32.1 Å². The van der Waals surface area contributed by atoms with Crippen LogP contribution in [0.25, 0.3) is 0 Å². The van der Waals surface area contributed by atoms with Crippen LogP contribution in [0.15, 0.2) is 0 Å². The monoisotopic (exact) mass is 268 g/mol. The number of carbonyl (C=O) groups is 2. The Morgan fingerprint density at radius 3 is 2.74 bits per heavy atom. The lowest BCUT2D eigenvalue weighted by Gasteiger charge is -2.31. The van der Waals surface area contributed by atoms with Gasteiger partial charge in [-0.05, 0) is 26.2 Å². The van der Waals surface area contributed by atoms with Crippen LogP contribution in [0.5, 0.6) is 0 Å². The van der Waals surface area contributed by atoms with Gasteiger partial charge in [0.15, 0.2) is 0 Å². The molecule has 1 aliphatic carbocycles. The third-order valence-corrected chi connectivity index (χ3v) is 4.06. The van der Waals surface area contributed by atoms with Gasteiger partial charge in [-0.1, -0.05) is 12.8 Å². The topological polar surface area (TPSA) is 58.6 Å². The molecule has 1 spiro atoms. The number of hydrogen-bond donors (Lipinski definition) is 1. The van der Waals surface area contributed by atoms with Crippen LogP contribution in [0.4, 0.5) is 0 Å². The van der Waals surface area contributed by atoms with Crippen molar-refractivity contribution in [2.24, 2.45) is 0 Å². The second-order valence-electron chi connectivity index (χ2n) is 5.43. The lowest BCUT2D eigenvalue weighted by molar-refractivity contribution is -0.138. The molecule has 2 fully saturated rings. The predicted octanol–water partition coefficient (Wildman–Crippen LogP) is 1.07. The minimum Gasteiger partial charge on any atom is -0.382 e. The van der Waals surface area contributed by atoms with Crippen molar-refractivity contribution in [2.75, 3.05) is 26.3 Å². The van der Waals surface area contributed by atoms with Crippen molar-refractivity contribution in [3.05, 3.63) is 0 Å². The molecule has 1 saturated heterocycles. The molecule has 1 saturated carbocycles. The zero-order valence-electron chi connectivity index (χ0n) is 11.7. The molecule has 1 aliphatic heterocycles. The SMILES string of the molecule is CCOCCCN1CCC(=O)NC2(CCCC2)C1=O. The molecule has 0 atom stereocenters. The van der Waals surface area contributed by atoms with Crippen LogP contribution < -0.4 is 5.32 Å². The van der Waals surface area contributed by atoms with Crippen molar-refractivity contribution in [3.8, 4) is 0 Å². The Morgan fingerprint density at radius 2 is 2.05 bits per heavy atom. The van der Waals surface area contributed by atoms with Gasteiger partial charge in [-0.25, -0.2) is 0 Å². The molecule has 2 amide bonds. The van der Waals surface area contributed by atoms with Crippen LogP contribution in [0.2, 0.25) is 0 Å². The number of nitrogens with zero attached hydrogens (tertiary/aromatic N) is 1. The molecule has 0 aromatic rings. The minimum atomic E-state index is -0.598. The first-order chi connectivity index (χ1) is 9.18. The Morgan fingerprint density at radius 1 is 1.32 bits per heavy atom. The van der Waals surface area contributed by atoms with Crippen LogP contribution in [-0.2, 0) is 14.3 Å². The molecule has 2 aliphatic rings. The molecule has 0 bridgehead atoms. The molecule has 2 rings (SSSR count). The van der Waals surface area contributed by atoms with Crippen LogP contribution in [-0.4, -0.2) is 48.6 Å². The van der Waals surface area contributed by atoms with Crippen LogP contribution in [0.3, 0.4) is 0 Å². The first-order valence-corrected chi connectivity index (χ1v) is 7.36. The van der Waals surface area contributed by atoms with E-state index in [4.69, 9.17) is 4.74 Å². The number of nitrogens with one attached hydrogen (secondary N) is 1. The van der Waals surface area contributed by atoms with Gasteiger partial charge in [0, 0.05) is 32.7 Å². The van der Waals surface area contributed by atoms with Crippen molar-refractivity contribution in [3.63, 3.8) is 0 Å².